The molecule has 0 saturated heterocycles. The maximum atomic E-state index is 12.8. The summed E-state index contributed by atoms with van der Waals surface area (Å²) in [7, 11) is 0. The van der Waals surface area contributed by atoms with Crippen LogP contribution in [0.3, 0.4) is 0 Å². The third-order valence-corrected chi connectivity index (χ3v) is 5.40. The van der Waals surface area contributed by atoms with E-state index in [1.165, 1.54) is 24.4 Å². The lowest BCUT2D eigenvalue weighted by atomic mass is 9.96. The SMILES string of the molecule is CSC1=C(Nc2ccc(SC(F)(F)F)cc2Cl)C(=O)c2cccnc2C1=O. The van der Waals surface area contributed by atoms with Crippen LogP contribution < -0.4 is 5.32 Å². The molecule has 1 N–H and O–H groups in total. The van der Waals surface area contributed by atoms with E-state index in [1.54, 1.807) is 12.3 Å². The second kappa shape index (κ2) is 7.57. The topological polar surface area (TPSA) is 59.1 Å². The van der Waals surface area contributed by atoms with Crippen molar-refractivity contribution < 1.29 is 22.8 Å². The average molecular weight is 431 g/mol. The summed E-state index contributed by atoms with van der Waals surface area (Å²) in [6, 6.07) is 6.74. The molecule has 0 bridgehead atoms. The van der Waals surface area contributed by atoms with Crippen LogP contribution in [0.1, 0.15) is 20.8 Å². The van der Waals surface area contributed by atoms with Gasteiger partial charge in [-0.05, 0) is 48.3 Å². The van der Waals surface area contributed by atoms with E-state index in [0.717, 1.165) is 17.8 Å². The van der Waals surface area contributed by atoms with E-state index in [1.807, 2.05) is 0 Å². The molecule has 0 atom stereocenters. The molecule has 0 unspecified atom stereocenters. The molecule has 1 aliphatic carbocycles. The number of rotatable bonds is 4. The number of allylic oxidation sites excluding steroid dienone is 2. The summed E-state index contributed by atoms with van der Waals surface area (Å²) in [5.74, 6) is -0.840. The van der Waals surface area contributed by atoms with E-state index < -0.39 is 17.1 Å². The molecule has 10 heteroatoms. The summed E-state index contributed by atoms with van der Waals surface area (Å²) in [6.07, 6.45) is 3.06. The van der Waals surface area contributed by atoms with Crippen LogP contribution in [0, 0.1) is 0 Å². The molecule has 0 aliphatic heterocycles. The van der Waals surface area contributed by atoms with E-state index in [2.05, 4.69) is 10.3 Å². The summed E-state index contributed by atoms with van der Waals surface area (Å²) < 4.78 is 37.5. The largest absolute Gasteiger partial charge is 0.446 e. The quantitative estimate of drug-likeness (QED) is 0.654. The second-order valence-corrected chi connectivity index (χ2v) is 7.64. The predicted octanol–water partition coefficient (Wildman–Crippen LogP) is 5.41. The normalized spacial score (nSPS) is 14.4. The maximum Gasteiger partial charge on any atom is 0.446 e. The molecule has 140 valence electrons. The molecule has 1 aromatic heterocycles. The minimum Gasteiger partial charge on any atom is -0.350 e. The first-order valence-electron chi connectivity index (χ1n) is 7.36. The fraction of sp³-hybridized carbons (Fsp3) is 0.118. The number of carbonyl (C=O) groups is 2. The number of alkyl halides is 3. The second-order valence-electron chi connectivity index (χ2n) is 5.28. The van der Waals surface area contributed by atoms with E-state index in [0.29, 0.717) is 0 Å². The number of Topliss-reactive ketones (excluding diaryl/α,β-unsaturated/α-hetero) is 2. The highest BCUT2D eigenvalue weighted by Crippen LogP contribution is 2.40. The summed E-state index contributed by atoms with van der Waals surface area (Å²) in [5, 5.41) is 2.79. The van der Waals surface area contributed by atoms with Crippen LogP contribution >= 0.6 is 35.1 Å². The maximum absolute atomic E-state index is 12.8. The van der Waals surface area contributed by atoms with Gasteiger partial charge in [0.1, 0.15) is 11.4 Å². The lowest BCUT2D eigenvalue weighted by molar-refractivity contribution is -0.0328. The van der Waals surface area contributed by atoms with Gasteiger partial charge in [0.05, 0.1) is 21.2 Å². The molecule has 1 aromatic carbocycles. The number of hydrogen-bond acceptors (Lipinski definition) is 6. The molecule has 0 saturated carbocycles. The summed E-state index contributed by atoms with van der Waals surface area (Å²) >= 11 is 6.86. The number of ketones is 2. The van der Waals surface area contributed by atoms with Gasteiger partial charge in [-0.15, -0.1) is 11.8 Å². The highest BCUT2D eigenvalue weighted by Gasteiger charge is 2.33. The average Bonchev–Trinajstić information content (AvgIpc) is 2.60. The Balaban J connectivity index is 1.97. The third kappa shape index (κ3) is 4.15. The molecule has 27 heavy (non-hydrogen) atoms. The van der Waals surface area contributed by atoms with Gasteiger partial charge >= 0.3 is 5.51 Å². The first kappa shape index (κ1) is 19.8. The van der Waals surface area contributed by atoms with Gasteiger partial charge < -0.3 is 5.32 Å². The molecular formula is C17H10ClF3N2O2S2. The molecule has 0 spiro atoms. The molecule has 0 radical (unpaired) electrons. The van der Waals surface area contributed by atoms with Crippen molar-refractivity contribution in [3.63, 3.8) is 0 Å². The third-order valence-electron chi connectivity index (χ3n) is 3.57. The number of nitrogens with zero attached hydrogens (tertiary/aromatic N) is 1. The fourth-order valence-electron chi connectivity index (χ4n) is 2.47. The Morgan fingerprint density at radius 3 is 2.52 bits per heavy atom. The van der Waals surface area contributed by atoms with E-state index in [9.17, 15) is 22.8 Å². The van der Waals surface area contributed by atoms with Crippen molar-refractivity contribution in [2.24, 2.45) is 0 Å². The number of pyridine rings is 1. The van der Waals surface area contributed by atoms with Crippen molar-refractivity contribution in [2.45, 2.75) is 10.4 Å². The number of hydrogen-bond donors (Lipinski definition) is 1. The van der Waals surface area contributed by atoms with Gasteiger partial charge in [-0.25, -0.2) is 0 Å². The van der Waals surface area contributed by atoms with E-state index >= 15 is 0 Å². The van der Waals surface area contributed by atoms with E-state index in [-0.39, 0.29) is 49.2 Å². The van der Waals surface area contributed by atoms with Crippen molar-refractivity contribution in [1.82, 2.24) is 4.98 Å². The molecule has 2 aromatic rings. The van der Waals surface area contributed by atoms with Crippen LogP contribution in [-0.2, 0) is 0 Å². The molecule has 1 aliphatic rings. The van der Waals surface area contributed by atoms with Crippen molar-refractivity contribution in [2.75, 3.05) is 11.6 Å². The molecular weight excluding hydrogens is 421 g/mol. The molecule has 3 rings (SSSR count). The van der Waals surface area contributed by atoms with Gasteiger partial charge in [0.15, 0.2) is 0 Å². The Morgan fingerprint density at radius 1 is 1.15 bits per heavy atom. The van der Waals surface area contributed by atoms with Crippen LogP contribution in [0.15, 0.2) is 52.0 Å². The number of anilines is 1. The number of thioether (sulfide) groups is 2. The van der Waals surface area contributed by atoms with Gasteiger partial charge in [0.2, 0.25) is 11.6 Å². The van der Waals surface area contributed by atoms with Crippen LogP contribution in [0.25, 0.3) is 0 Å². The minimum atomic E-state index is -4.44. The number of benzene rings is 1. The van der Waals surface area contributed by atoms with Crippen LogP contribution in [0.2, 0.25) is 5.02 Å². The Kier molecular flexibility index (Phi) is 5.55. The Bertz CT molecular complexity index is 977. The smallest absolute Gasteiger partial charge is 0.350 e. The Hall–Kier alpha value is -1.97. The zero-order chi connectivity index (χ0) is 19.8. The lowest BCUT2D eigenvalue weighted by Crippen LogP contribution is -2.26. The van der Waals surface area contributed by atoms with Crippen LogP contribution in [-0.4, -0.2) is 28.3 Å². The standard InChI is InChI=1S/C17H10ClF3N2O2S2/c1-26-16-13(14(24)9-3-2-6-22-12(9)15(16)25)23-11-5-4-8(7-10(11)18)27-17(19,20)21/h2-7,23H,1H3. The van der Waals surface area contributed by atoms with Gasteiger partial charge in [-0.1, -0.05) is 11.6 Å². The number of carbonyl (C=O) groups excluding carboxylic acids is 2. The van der Waals surface area contributed by atoms with Gasteiger partial charge in [0.25, 0.3) is 0 Å². The van der Waals surface area contributed by atoms with Crippen molar-refractivity contribution in [1.29, 1.82) is 0 Å². The zero-order valence-corrected chi connectivity index (χ0v) is 15.9. The van der Waals surface area contributed by atoms with Gasteiger partial charge in [0, 0.05) is 11.1 Å². The molecule has 0 amide bonds. The molecule has 0 fully saturated rings. The number of fused-ring (bicyclic) bond motifs is 1. The first-order valence-corrected chi connectivity index (χ1v) is 9.78. The van der Waals surface area contributed by atoms with E-state index in [4.69, 9.17) is 11.6 Å². The van der Waals surface area contributed by atoms with Crippen LogP contribution in [0.5, 0.6) is 0 Å². The number of halogens is 4. The molecule has 4 nitrogen and oxygen atoms in total. The molecule has 1 heterocycles. The monoisotopic (exact) mass is 430 g/mol. The number of aromatic nitrogens is 1. The van der Waals surface area contributed by atoms with Crippen molar-refractivity contribution in [3.8, 4) is 0 Å². The summed E-state index contributed by atoms with van der Waals surface area (Å²) in [5.41, 5.74) is -3.97. The lowest BCUT2D eigenvalue weighted by Gasteiger charge is -2.20. The summed E-state index contributed by atoms with van der Waals surface area (Å²) in [6.45, 7) is 0. The highest BCUT2D eigenvalue weighted by atomic mass is 35.5. The fourth-order valence-corrected chi connectivity index (χ4v) is 3.97. The summed E-state index contributed by atoms with van der Waals surface area (Å²) in [4.78, 5) is 29.4. The van der Waals surface area contributed by atoms with Crippen molar-refractivity contribution >= 4 is 52.4 Å². The Labute approximate surface area is 165 Å². The highest BCUT2D eigenvalue weighted by molar-refractivity contribution is 8.03. The van der Waals surface area contributed by atoms with Crippen molar-refractivity contribution in [3.05, 3.63) is 63.4 Å². The van der Waals surface area contributed by atoms with Gasteiger partial charge in [-0.3, -0.25) is 14.6 Å². The Morgan fingerprint density at radius 2 is 1.89 bits per heavy atom. The van der Waals surface area contributed by atoms with Crippen LogP contribution in [0.4, 0.5) is 18.9 Å². The number of nitrogens with one attached hydrogen (secondary N) is 1. The first-order chi connectivity index (χ1) is 12.7. The van der Waals surface area contributed by atoms with Gasteiger partial charge in [-0.2, -0.15) is 13.2 Å². The zero-order valence-electron chi connectivity index (χ0n) is 13.6. The minimum absolute atomic E-state index is 0.00515. The predicted molar refractivity (Wildman–Crippen MR) is 100 cm³/mol.